The van der Waals surface area contributed by atoms with Gasteiger partial charge in [0, 0.05) is 0 Å². The van der Waals surface area contributed by atoms with Crippen molar-refractivity contribution < 1.29 is 21.2 Å². The fraction of sp³-hybridized carbons (Fsp3) is 0. The molecule has 0 bridgehead atoms. The van der Waals surface area contributed by atoms with Crippen molar-refractivity contribution in [2.45, 2.75) is 0 Å². The molecule has 0 aromatic carbocycles. The number of hydrogen-bond donors (Lipinski definition) is 0. The minimum atomic E-state index is -1.88. The van der Waals surface area contributed by atoms with Gasteiger partial charge in [-0.2, -0.15) is 8.78 Å². The van der Waals surface area contributed by atoms with Gasteiger partial charge in [-0.05, 0) is 12.3 Å². The topological polar surface area (TPSA) is 0 Å². The first-order chi connectivity index (χ1) is 2.77. The molecule has 0 aliphatic heterocycles. The Kier molecular flexibility index (Phi) is 7.53. The van der Waals surface area contributed by atoms with Crippen molar-refractivity contribution in [3.8, 4) is 0 Å². The summed E-state index contributed by atoms with van der Waals surface area (Å²) in [7, 11) is 0. The zero-order valence-corrected chi connectivity index (χ0v) is 4.10. The van der Waals surface area contributed by atoms with E-state index < -0.39 is 6.08 Å². The molecule has 0 heterocycles. The minimum absolute atomic E-state index is 0. The van der Waals surface area contributed by atoms with Crippen LogP contribution in [0.15, 0.2) is 24.1 Å². The molecular weight excluding hydrogens is 121 g/mol. The minimum Gasteiger partial charge on any atom is -1.00 e. The Bertz CT molecular complexity index is 114. The Morgan fingerprint density at radius 3 is 1.86 bits per heavy atom. The summed E-state index contributed by atoms with van der Waals surface area (Å²) in [5.74, 6) is 0. The maximum absolute atomic E-state index is 10.7. The molecule has 0 aromatic heterocycles. The van der Waals surface area contributed by atoms with Gasteiger partial charge in [-0.25, -0.2) is 0 Å². The molecular formula is C4H2ClF2-. The third-order valence-electron chi connectivity index (χ3n) is 0.183. The van der Waals surface area contributed by atoms with Crippen LogP contribution in [0.4, 0.5) is 8.78 Å². The van der Waals surface area contributed by atoms with Crippen LogP contribution < -0.4 is 12.4 Å². The van der Waals surface area contributed by atoms with Crippen LogP contribution in [0.3, 0.4) is 0 Å². The molecule has 0 radical (unpaired) electrons. The molecule has 0 spiro atoms. The van der Waals surface area contributed by atoms with E-state index >= 15 is 0 Å². The summed E-state index contributed by atoms with van der Waals surface area (Å²) in [6.07, 6.45) is -1.88. The molecule has 40 valence electrons. The second kappa shape index (κ2) is 5.45. The van der Waals surface area contributed by atoms with Gasteiger partial charge in [-0.3, -0.25) is 0 Å². The molecule has 0 fully saturated rings. The predicted octanol–water partition coefficient (Wildman–Crippen LogP) is -1.29. The van der Waals surface area contributed by atoms with Crippen molar-refractivity contribution in [2.75, 3.05) is 0 Å². The van der Waals surface area contributed by atoms with Gasteiger partial charge in [0.2, 0.25) is 0 Å². The van der Waals surface area contributed by atoms with E-state index in [0.29, 0.717) is 0 Å². The maximum Gasteiger partial charge on any atom is 0.321 e. The summed E-state index contributed by atoms with van der Waals surface area (Å²) < 4.78 is 21.5. The van der Waals surface area contributed by atoms with E-state index in [1.807, 2.05) is 0 Å². The highest BCUT2D eigenvalue weighted by Gasteiger charge is 1.73. The van der Waals surface area contributed by atoms with Crippen molar-refractivity contribution in [1.82, 2.24) is 0 Å². The van der Waals surface area contributed by atoms with E-state index in [4.69, 9.17) is 0 Å². The van der Waals surface area contributed by atoms with E-state index in [1.165, 1.54) is 5.73 Å². The summed E-state index contributed by atoms with van der Waals surface area (Å²) in [5, 5.41) is 0. The highest BCUT2D eigenvalue weighted by Crippen LogP contribution is 1.89. The zero-order valence-electron chi connectivity index (χ0n) is 3.34. The fourth-order valence-corrected chi connectivity index (χ4v) is 0.0668. The van der Waals surface area contributed by atoms with Gasteiger partial charge in [-0.15, -0.1) is 0 Å². The van der Waals surface area contributed by atoms with E-state index in [1.54, 1.807) is 5.73 Å². The van der Waals surface area contributed by atoms with Gasteiger partial charge in [0.25, 0.3) is 0 Å². The highest BCUT2D eigenvalue weighted by molar-refractivity contribution is 4.78. The second-order valence-electron chi connectivity index (χ2n) is 0.562. The second-order valence-corrected chi connectivity index (χ2v) is 0.562. The monoisotopic (exact) mass is 123 g/mol. The molecule has 0 N–H and O–H groups in total. The smallest absolute Gasteiger partial charge is 0.321 e. The van der Waals surface area contributed by atoms with Gasteiger partial charge in [0.1, 0.15) is 0 Å². The number of hydrogen-bond acceptors (Lipinski definition) is 0. The van der Waals surface area contributed by atoms with Crippen LogP contribution in [-0.2, 0) is 0 Å². The summed E-state index contributed by atoms with van der Waals surface area (Å²) in [5.41, 5.74) is 3.21. The summed E-state index contributed by atoms with van der Waals surface area (Å²) in [4.78, 5) is 0. The third-order valence-corrected chi connectivity index (χ3v) is 0.183. The Balaban J connectivity index is 0. The molecule has 0 saturated carbocycles. The molecule has 0 aliphatic rings. The predicted molar refractivity (Wildman–Crippen MR) is 18.4 cm³/mol. The van der Waals surface area contributed by atoms with Crippen LogP contribution >= 0.6 is 0 Å². The highest BCUT2D eigenvalue weighted by atomic mass is 35.5. The lowest BCUT2D eigenvalue weighted by molar-refractivity contribution is -0.00000309. The lowest BCUT2D eigenvalue weighted by Gasteiger charge is -1.56. The van der Waals surface area contributed by atoms with Crippen molar-refractivity contribution in [3.05, 3.63) is 24.1 Å². The van der Waals surface area contributed by atoms with Crippen LogP contribution in [-0.4, -0.2) is 0 Å². The lowest BCUT2D eigenvalue weighted by Crippen LogP contribution is -3.00. The molecule has 0 unspecified atom stereocenters. The van der Waals surface area contributed by atoms with Gasteiger partial charge in [-0.1, -0.05) is 5.73 Å². The van der Waals surface area contributed by atoms with Crippen LogP contribution in [0.1, 0.15) is 0 Å². The standard InChI is InChI=1S/C4H2F2.ClH/c1-2-3-4(5)6;/h1H2;1H/p-1. The lowest BCUT2D eigenvalue weighted by atomic mass is 10.8. The quantitative estimate of drug-likeness (QED) is 0.352. The molecule has 0 saturated heterocycles. The molecule has 0 amide bonds. The Morgan fingerprint density at radius 1 is 1.43 bits per heavy atom. The summed E-state index contributed by atoms with van der Waals surface area (Å²) in [6, 6.07) is 0. The van der Waals surface area contributed by atoms with Gasteiger partial charge in [0.15, 0.2) is 0 Å². The van der Waals surface area contributed by atoms with Crippen LogP contribution in [0.5, 0.6) is 0 Å². The molecule has 0 aliphatic carbocycles. The van der Waals surface area contributed by atoms with Gasteiger partial charge < -0.3 is 12.4 Å². The number of halogens is 3. The first kappa shape index (κ1) is 9.67. The molecule has 0 rings (SSSR count). The fourth-order valence-electron chi connectivity index (χ4n) is 0.0668. The maximum atomic E-state index is 10.7. The van der Waals surface area contributed by atoms with E-state index in [9.17, 15) is 8.78 Å². The zero-order chi connectivity index (χ0) is 4.99. The first-order valence-corrected chi connectivity index (χ1v) is 1.23. The molecule has 0 nitrogen and oxygen atoms in total. The van der Waals surface area contributed by atoms with Crippen molar-refractivity contribution >= 4 is 0 Å². The average Bonchev–Trinajstić information content (AvgIpc) is 1.35. The molecule has 7 heavy (non-hydrogen) atoms. The van der Waals surface area contributed by atoms with E-state index in [0.717, 1.165) is 0 Å². The van der Waals surface area contributed by atoms with Crippen molar-refractivity contribution in [1.29, 1.82) is 0 Å². The number of rotatable bonds is 0. The van der Waals surface area contributed by atoms with Crippen LogP contribution in [0.25, 0.3) is 0 Å². The molecule has 0 aromatic rings. The van der Waals surface area contributed by atoms with Crippen LogP contribution in [0, 0.1) is 0 Å². The first-order valence-electron chi connectivity index (χ1n) is 1.23. The van der Waals surface area contributed by atoms with Crippen molar-refractivity contribution in [2.24, 2.45) is 0 Å². The Labute approximate surface area is 46.2 Å². The summed E-state index contributed by atoms with van der Waals surface area (Å²) in [6.45, 7) is 2.86. The molecule has 3 heteroatoms. The van der Waals surface area contributed by atoms with E-state index in [2.05, 4.69) is 6.58 Å². The largest absolute Gasteiger partial charge is 1.00 e. The third kappa shape index (κ3) is 10.8. The van der Waals surface area contributed by atoms with E-state index in [-0.39, 0.29) is 12.4 Å². The van der Waals surface area contributed by atoms with Crippen molar-refractivity contribution in [3.63, 3.8) is 0 Å². The normalized spacial score (nSPS) is 4.86. The van der Waals surface area contributed by atoms with Gasteiger partial charge >= 0.3 is 6.08 Å². The Morgan fingerprint density at radius 2 is 1.86 bits per heavy atom. The SMILES string of the molecule is C=C=C=C(F)F.[Cl-]. The average molecular weight is 124 g/mol. The van der Waals surface area contributed by atoms with Gasteiger partial charge in [0.05, 0.1) is 0 Å². The summed E-state index contributed by atoms with van der Waals surface area (Å²) >= 11 is 0. The Hall–Kier alpha value is -0.550. The molecule has 0 atom stereocenters. The van der Waals surface area contributed by atoms with Crippen LogP contribution in [0.2, 0.25) is 0 Å².